The quantitative estimate of drug-likeness (QED) is 0.898. The normalized spacial score (nSPS) is 15.9. The first-order valence-corrected chi connectivity index (χ1v) is 9.38. The van der Waals surface area contributed by atoms with Gasteiger partial charge in [0.25, 0.3) is 15.9 Å². The largest absolute Gasteiger partial charge is 0.438 e. The molecule has 0 aliphatic carbocycles. The number of morpholine rings is 1. The van der Waals surface area contributed by atoms with Crippen LogP contribution >= 0.6 is 0 Å². The third-order valence-electron chi connectivity index (χ3n) is 3.85. The van der Waals surface area contributed by atoms with Crippen LogP contribution in [0.15, 0.2) is 39.8 Å². The molecule has 1 aromatic carbocycles. The molecule has 0 spiro atoms. The van der Waals surface area contributed by atoms with Crippen LogP contribution in [-0.2, 0) is 14.8 Å². The number of furan rings is 1. The molecule has 7 nitrogen and oxygen atoms in total. The molecule has 2 aromatic rings. The molecule has 1 aliphatic rings. The average molecular weight is 364 g/mol. The predicted octanol–water partition coefficient (Wildman–Crippen LogP) is 2.17. The lowest BCUT2D eigenvalue weighted by atomic mass is 10.1. The maximum atomic E-state index is 12.5. The van der Waals surface area contributed by atoms with Gasteiger partial charge >= 0.3 is 0 Å². The molecule has 25 heavy (non-hydrogen) atoms. The Morgan fingerprint density at radius 3 is 2.36 bits per heavy atom. The van der Waals surface area contributed by atoms with Gasteiger partial charge in [0.05, 0.1) is 13.2 Å². The number of aryl methyl sites for hydroxylation is 2. The van der Waals surface area contributed by atoms with E-state index in [1.54, 1.807) is 0 Å². The van der Waals surface area contributed by atoms with Crippen molar-refractivity contribution in [1.82, 2.24) is 4.31 Å². The van der Waals surface area contributed by atoms with Gasteiger partial charge in [0, 0.05) is 18.8 Å². The van der Waals surface area contributed by atoms with Gasteiger partial charge in [0.15, 0.2) is 5.76 Å². The zero-order valence-electron chi connectivity index (χ0n) is 14.1. The molecule has 0 unspecified atom stereocenters. The molecule has 3 rings (SSSR count). The molecule has 0 saturated carbocycles. The van der Waals surface area contributed by atoms with E-state index in [0.29, 0.717) is 18.9 Å². The molecule has 0 atom stereocenters. The maximum Gasteiger partial charge on any atom is 0.291 e. The number of sulfonamides is 1. The van der Waals surface area contributed by atoms with Crippen molar-refractivity contribution < 1.29 is 22.4 Å². The number of benzene rings is 1. The van der Waals surface area contributed by atoms with E-state index >= 15 is 0 Å². The molecule has 2 heterocycles. The molecular weight excluding hydrogens is 344 g/mol. The monoisotopic (exact) mass is 364 g/mol. The van der Waals surface area contributed by atoms with Crippen molar-refractivity contribution >= 4 is 21.6 Å². The van der Waals surface area contributed by atoms with Crippen molar-refractivity contribution in [2.75, 3.05) is 31.6 Å². The Hall–Kier alpha value is -2.16. The fourth-order valence-corrected chi connectivity index (χ4v) is 4.05. The SMILES string of the molecule is Cc1cc(C)cc(NC(=O)c2ccc(S(=O)(=O)N3CCOCC3)o2)c1. The van der Waals surface area contributed by atoms with Crippen LogP contribution in [-0.4, -0.2) is 44.9 Å². The Kier molecular flexibility index (Phi) is 4.94. The predicted molar refractivity (Wildman–Crippen MR) is 92.2 cm³/mol. The zero-order chi connectivity index (χ0) is 18.0. The lowest BCUT2D eigenvalue weighted by Gasteiger charge is -2.24. The summed E-state index contributed by atoms with van der Waals surface area (Å²) >= 11 is 0. The number of carbonyl (C=O) groups is 1. The highest BCUT2D eigenvalue weighted by Crippen LogP contribution is 2.21. The highest BCUT2D eigenvalue weighted by atomic mass is 32.2. The van der Waals surface area contributed by atoms with E-state index in [4.69, 9.17) is 9.15 Å². The first kappa shape index (κ1) is 17.7. The topological polar surface area (TPSA) is 88.9 Å². The molecule has 1 aliphatic heterocycles. The van der Waals surface area contributed by atoms with E-state index in [-0.39, 0.29) is 23.9 Å². The number of hydrogen-bond acceptors (Lipinski definition) is 5. The Bertz CT molecular complexity index is 862. The van der Waals surface area contributed by atoms with Crippen LogP contribution < -0.4 is 5.32 Å². The minimum Gasteiger partial charge on any atom is -0.438 e. The molecule has 1 aromatic heterocycles. The molecular formula is C17H20N2O5S. The number of amides is 1. The van der Waals surface area contributed by atoms with E-state index in [1.165, 1.54) is 16.4 Å². The summed E-state index contributed by atoms with van der Waals surface area (Å²) in [6.07, 6.45) is 0. The summed E-state index contributed by atoms with van der Waals surface area (Å²) in [5.74, 6) is -0.542. The van der Waals surface area contributed by atoms with Crippen molar-refractivity contribution in [3.8, 4) is 0 Å². The van der Waals surface area contributed by atoms with Crippen molar-refractivity contribution in [2.45, 2.75) is 18.9 Å². The Morgan fingerprint density at radius 1 is 1.08 bits per heavy atom. The number of anilines is 1. The zero-order valence-corrected chi connectivity index (χ0v) is 14.9. The third-order valence-corrected chi connectivity index (χ3v) is 5.62. The summed E-state index contributed by atoms with van der Waals surface area (Å²) in [6, 6.07) is 8.33. The second kappa shape index (κ2) is 6.99. The van der Waals surface area contributed by atoms with Gasteiger partial charge < -0.3 is 14.5 Å². The highest BCUT2D eigenvalue weighted by molar-refractivity contribution is 7.89. The first-order chi connectivity index (χ1) is 11.9. The van der Waals surface area contributed by atoms with Gasteiger partial charge in [-0.2, -0.15) is 4.31 Å². The van der Waals surface area contributed by atoms with E-state index in [2.05, 4.69) is 5.32 Å². The second-order valence-corrected chi connectivity index (χ2v) is 7.83. The van der Waals surface area contributed by atoms with Crippen LogP contribution in [0.5, 0.6) is 0 Å². The molecule has 0 bridgehead atoms. The van der Waals surface area contributed by atoms with Gasteiger partial charge in [0.1, 0.15) is 0 Å². The number of carbonyl (C=O) groups excluding carboxylic acids is 1. The summed E-state index contributed by atoms with van der Waals surface area (Å²) in [5.41, 5.74) is 2.67. The Morgan fingerprint density at radius 2 is 1.72 bits per heavy atom. The van der Waals surface area contributed by atoms with Gasteiger partial charge in [-0.25, -0.2) is 8.42 Å². The van der Waals surface area contributed by atoms with Gasteiger partial charge in [-0.3, -0.25) is 4.79 Å². The van der Waals surface area contributed by atoms with Crippen molar-refractivity contribution in [1.29, 1.82) is 0 Å². The van der Waals surface area contributed by atoms with Gasteiger partial charge in [0.2, 0.25) is 5.09 Å². The summed E-state index contributed by atoms with van der Waals surface area (Å²) in [5, 5.41) is 2.49. The third kappa shape index (κ3) is 3.92. The molecule has 1 fully saturated rings. The highest BCUT2D eigenvalue weighted by Gasteiger charge is 2.30. The summed E-state index contributed by atoms with van der Waals surface area (Å²) in [7, 11) is -3.75. The van der Waals surface area contributed by atoms with E-state index < -0.39 is 15.9 Å². The lowest BCUT2D eigenvalue weighted by molar-refractivity contribution is 0.0723. The standard InChI is InChI=1S/C17H20N2O5S/c1-12-9-13(2)11-14(10-12)18-17(20)15-3-4-16(24-15)25(21,22)19-5-7-23-8-6-19/h3-4,9-11H,5-8H2,1-2H3,(H,18,20). The maximum absolute atomic E-state index is 12.5. The summed E-state index contributed by atoms with van der Waals surface area (Å²) in [4.78, 5) is 12.3. The summed E-state index contributed by atoms with van der Waals surface area (Å²) in [6.45, 7) is 5.10. The van der Waals surface area contributed by atoms with Crippen LogP contribution in [0.25, 0.3) is 0 Å². The van der Waals surface area contributed by atoms with E-state index in [9.17, 15) is 13.2 Å². The molecule has 1 amide bonds. The van der Waals surface area contributed by atoms with Crippen LogP contribution in [0.3, 0.4) is 0 Å². The van der Waals surface area contributed by atoms with E-state index in [1.807, 2.05) is 32.0 Å². The molecule has 0 radical (unpaired) electrons. The Balaban J connectivity index is 1.77. The number of nitrogens with one attached hydrogen (secondary N) is 1. The van der Waals surface area contributed by atoms with Crippen molar-refractivity contribution in [3.05, 3.63) is 47.2 Å². The smallest absolute Gasteiger partial charge is 0.291 e. The van der Waals surface area contributed by atoms with Crippen molar-refractivity contribution in [2.24, 2.45) is 0 Å². The second-order valence-electron chi connectivity index (χ2n) is 5.97. The number of ether oxygens (including phenoxy) is 1. The van der Waals surface area contributed by atoms with Crippen LogP contribution in [0, 0.1) is 13.8 Å². The van der Waals surface area contributed by atoms with Gasteiger partial charge in [-0.15, -0.1) is 0 Å². The fraction of sp³-hybridized carbons (Fsp3) is 0.353. The molecule has 1 N–H and O–H groups in total. The first-order valence-electron chi connectivity index (χ1n) is 7.93. The van der Waals surface area contributed by atoms with E-state index in [0.717, 1.165) is 11.1 Å². The number of hydrogen-bond donors (Lipinski definition) is 1. The minimum atomic E-state index is -3.75. The molecule has 1 saturated heterocycles. The Labute approximate surface area is 146 Å². The number of nitrogens with zero attached hydrogens (tertiary/aromatic N) is 1. The van der Waals surface area contributed by atoms with Gasteiger partial charge in [-0.05, 0) is 49.2 Å². The molecule has 8 heteroatoms. The lowest BCUT2D eigenvalue weighted by Crippen LogP contribution is -2.40. The summed E-state index contributed by atoms with van der Waals surface area (Å²) < 4.78 is 36.8. The van der Waals surface area contributed by atoms with Crippen molar-refractivity contribution in [3.63, 3.8) is 0 Å². The fourth-order valence-electron chi connectivity index (χ4n) is 2.73. The average Bonchev–Trinajstić information content (AvgIpc) is 3.05. The van der Waals surface area contributed by atoms with Crippen LogP contribution in [0.4, 0.5) is 5.69 Å². The van der Waals surface area contributed by atoms with Gasteiger partial charge in [-0.1, -0.05) is 6.07 Å². The molecule has 134 valence electrons. The van der Waals surface area contributed by atoms with Crippen LogP contribution in [0.2, 0.25) is 0 Å². The van der Waals surface area contributed by atoms with Crippen LogP contribution in [0.1, 0.15) is 21.7 Å². The minimum absolute atomic E-state index is 0.0500. The number of rotatable bonds is 4.